The van der Waals surface area contributed by atoms with E-state index >= 15 is 0 Å². The highest BCUT2D eigenvalue weighted by Gasteiger charge is 2.24. The van der Waals surface area contributed by atoms with Gasteiger partial charge in [0.25, 0.3) is 5.91 Å². The van der Waals surface area contributed by atoms with Crippen LogP contribution in [0, 0.1) is 5.92 Å². The topological polar surface area (TPSA) is 86.9 Å². The molecule has 0 unspecified atom stereocenters. The molecular weight excluding hydrogens is 316 g/mol. The summed E-state index contributed by atoms with van der Waals surface area (Å²) in [5, 5.41) is 12.7. The van der Waals surface area contributed by atoms with Gasteiger partial charge in [-0.25, -0.2) is 0 Å². The number of nitrogens with zero attached hydrogens (tertiary/aromatic N) is 1. The molecule has 0 saturated carbocycles. The molecular formula is C16H19ClN4O2. The van der Waals surface area contributed by atoms with Crippen LogP contribution in [0.5, 0.6) is 0 Å². The second-order valence-electron chi connectivity index (χ2n) is 5.49. The Morgan fingerprint density at radius 3 is 2.61 bits per heavy atom. The fraction of sp³-hybridized carbons (Fsp3) is 0.312. The second kappa shape index (κ2) is 7.28. The molecule has 0 aliphatic heterocycles. The average molecular weight is 335 g/mol. The Morgan fingerprint density at radius 1 is 1.26 bits per heavy atom. The first-order valence-electron chi connectivity index (χ1n) is 7.26. The summed E-state index contributed by atoms with van der Waals surface area (Å²) in [7, 11) is 1.54. The molecule has 2 aromatic rings. The molecule has 0 spiro atoms. The van der Waals surface area contributed by atoms with Gasteiger partial charge >= 0.3 is 0 Å². The number of carbonyl (C=O) groups excluding carboxylic acids is 2. The van der Waals surface area contributed by atoms with Crippen LogP contribution in [0.25, 0.3) is 11.3 Å². The lowest BCUT2D eigenvalue weighted by molar-refractivity contribution is -0.123. The fourth-order valence-electron chi connectivity index (χ4n) is 2.14. The van der Waals surface area contributed by atoms with E-state index < -0.39 is 6.04 Å². The maximum Gasteiger partial charge on any atom is 0.269 e. The van der Waals surface area contributed by atoms with Crippen LogP contribution in [0.2, 0.25) is 5.02 Å². The van der Waals surface area contributed by atoms with Gasteiger partial charge < -0.3 is 10.6 Å². The van der Waals surface area contributed by atoms with Gasteiger partial charge in [-0.15, -0.1) is 0 Å². The standard InChI is InChI=1S/C16H19ClN4O2/c1-9(2)14(16(23)18-3)19-15(22)13-8-12(20-21-13)10-5-4-6-11(17)7-10/h4-9,14H,1-3H3,(H,18,23)(H,19,22)(H,20,21)/t14-/m1/s1. The molecule has 122 valence electrons. The van der Waals surface area contributed by atoms with Crippen molar-refractivity contribution in [3.05, 3.63) is 41.0 Å². The van der Waals surface area contributed by atoms with Crippen LogP contribution >= 0.6 is 11.6 Å². The van der Waals surface area contributed by atoms with Crippen LogP contribution in [0.15, 0.2) is 30.3 Å². The number of hydrogen-bond acceptors (Lipinski definition) is 3. The number of amides is 2. The number of H-pyrrole nitrogens is 1. The molecule has 0 bridgehead atoms. The van der Waals surface area contributed by atoms with Crippen LogP contribution in [0.3, 0.4) is 0 Å². The van der Waals surface area contributed by atoms with Crippen molar-refractivity contribution < 1.29 is 9.59 Å². The molecule has 0 radical (unpaired) electrons. The number of halogens is 1. The smallest absolute Gasteiger partial charge is 0.269 e. The molecule has 7 heteroatoms. The van der Waals surface area contributed by atoms with E-state index in [-0.39, 0.29) is 23.4 Å². The van der Waals surface area contributed by atoms with Crippen molar-refractivity contribution in [2.45, 2.75) is 19.9 Å². The lowest BCUT2D eigenvalue weighted by Gasteiger charge is -2.20. The number of aromatic amines is 1. The van der Waals surface area contributed by atoms with Gasteiger partial charge in [-0.05, 0) is 24.1 Å². The normalized spacial score (nSPS) is 12.0. The molecule has 2 rings (SSSR count). The molecule has 0 aliphatic carbocycles. The molecule has 1 aromatic heterocycles. The van der Waals surface area contributed by atoms with E-state index in [9.17, 15) is 9.59 Å². The Hall–Kier alpha value is -2.34. The summed E-state index contributed by atoms with van der Waals surface area (Å²) >= 11 is 5.96. The number of aromatic nitrogens is 2. The van der Waals surface area contributed by atoms with Crippen LogP contribution in [-0.2, 0) is 4.79 Å². The van der Waals surface area contributed by atoms with E-state index in [1.54, 1.807) is 18.2 Å². The van der Waals surface area contributed by atoms with Crippen molar-refractivity contribution in [1.29, 1.82) is 0 Å². The Labute approximate surface area is 139 Å². The zero-order valence-corrected chi connectivity index (χ0v) is 13.9. The van der Waals surface area contributed by atoms with Crippen LogP contribution in [-0.4, -0.2) is 35.1 Å². The summed E-state index contributed by atoms with van der Waals surface area (Å²) in [6.45, 7) is 3.73. The highest BCUT2D eigenvalue weighted by Crippen LogP contribution is 2.21. The number of rotatable bonds is 5. The SMILES string of the molecule is CNC(=O)[C@H](NC(=O)c1cc(-c2cccc(Cl)c2)n[nH]1)C(C)C. The minimum absolute atomic E-state index is 0.0331. The molecule has 2 amide bonds. The first-order chi connectivity index (χ1) is 10.9. The third kappa shape index (κ3) is 4.10. The first-order valence-corrected chi connectivity index (χ1v) is 7.64. The summed E-state index contributed by atoms with van der Waals surface area (Å²) in [6, 6.07) is 8.22. The van der Waals surface area contributed by atoms with Crippen molar-refractivity contribution in [2.24, 2.45) is 5.92 Å². The average Bonchev–Trinajstić information content (AvgIpc) is 3.01. The molecule has 0 aliphatic rings. The Morgan fingerprint density at radius 2 is 2.00 bits per heavy atom. The summed E-state index contributed by atoms with van der Waals surface area (Å²) in [4.78, 5) is 24.1. The molecule has 23 heavy (non-hydrogen) atoms. The van der Waals surface area contributed by atoms with Gasteiger partial charge in [0.05, 0.1) is 5.69 Å². The maximum atomic E-state index is 12.3. The lowest BCUT2D eigenvalue weighted by atomic mass is 10.0. The number of nitrogens with one attached hydrogen (secondary N) is 3. The van der Waals surface area contributed by atoms with Crippen molar-refractivity contribution >= 4 is 23.4 Å². The van der Waals surface area contributed by atoms with Gasteiger partial charge in [-0.1, -0.05) is 37.6 Å². The quantitative estimate of drug-likeness (QED) is 0.783. The Bertz CT molecular complexity index is 712. The largest absolute Gasteiger partial charge is 0.357 e. The first kappa shape index (κ1) is 17.0. The van der Waals surface area contributed by atoms with Gasteiger partial charge in [-0.3, -0.25) is 14.7 Å². The summed E-state index contributed by atoms with van der Waals surface area (Å²) in [5.74, 6) is -0.648. The molecule has 1 atom stereocenters. The van der Waals surface area contributed by atoms with E-state index in [0.29, 0.717) is 10.7 Å². The Balaban J connectivity index is 2.16. The predicted molar refractivity (Wildman–Crippen MR) is 89.2 cm³/mol. The van der Waals surface area contributed by atoms with Crippen molar-refractivity contribution in [2.75, 3.05) is 7.05 Å². The van der Waals surface area contributed by atoms with Crippen LogP contribution in [0.1, 0.15) is 24.3 Å². The van der Waals surface area contributed by atoms with Gasteiger partial charge in [-0.2, -0.15) is 5.10 Å². The van der Waals surface area contributed by atoms with Crippen molar-refractivity contribution in [3.63, 3.8) is 0 Å². The second-order valence-corrected chi connectivity index (χ2v) is 5.92. The van der Waals surface area contributed by atoms with Gasteiger partial charge in [0.1, 0.15) is 11.7 Å². The van der Waals surface area contributed by atoms with Crippen LogP contribution < -0.4 is 10.6 Å². The molecule has 0 saturated heterocycles. The lowest BCUT2D eigenvalue weighted by Crippen LogP contribution is -2.48. The molecule has 6 nitrogen and oxygen atoms in total. The zero-order chi connectivity index (χ0) is 17.0. The third-order valence-electron chi connectivity index (χ3n) is 3.43. The van der Waals surface area contributed by atoms with E-state index in [2.05, 4.69) is 20.8 Å². The van der Waals surface area contributed by atoms with Crippen molar-refractivity contribution in [1.82, 2.24) is 20.8 Å². The van der Waals surface area contributed by atoms with Gasteiger partial charge in [0.15, 0.2) is 0 Å². The summed E-state index contributed by atoms with van der Waals surface area (Å²) in [5.41, 5.74) is 1.70. The molecule has 3 N–H and O–H groups in total. The molecule has 1 aromatic carbocycles. The Kier molecular flexibility index (Phi) is 5.39. The monoisotopic (exact) mass is 334 g/mol. The van der Waals surface area contributed by atoms with E-state index in [4.69, 9.17) is 11.6 Å². The predicted octanol–water partition coefficient (Wildman–Crippen LogP) is 2.23. The fourth-order valence-corrected chi connectivity index (χ4v) is 2.33. The van der Waals surface area contributed by atoms with E-state index in [1.165, 1.54) is 7.05 Å². The molecule has 1 heterocycles. The van der Waals surface area contributed by atoms with Gasteiger partial charge in [0.2, 0.25) is 5.91 Å². The summed E-state index contributed by atoms with van der Waals surface area (Å²) in [6.07, 6.45) is 0. The number of carbonyl (C=O) groups is 2. The molecule has 0 fully saturated rings. The summed E-state index contributed by atoms with van der Waals surface area (Å²) < 4.78 is 0. The van der Waals surface area contributed by atoms with Gasteiger partial charge in [0, 0.05) is 17.6 Å². The number of benzene rings is 1. The highest BCUT2D eigenvalue weighted by atomic mass is 35.5. The highest BCUT2D eigenvalue weighted by molar-refractivity contribution is 6.30. The van der Waals surface area contributed by atoms with E-state index in [1.807, 2.05) is 26.0 Å². The maximum absolute atomic E-state index is 12.3. The van der Waals surface area contributed by atoms with Crippen LogP contribution in [0.4, 0.5) is 0 Å². The third-order valence-corrected chi connectivity index (χ3v) is 3.66. The minimum Gasteiger partial charge on any atom is -0.357 e. The number of hydrogen-bond donors (Lipinski definition) is 3. The van der Waals surface area contributed by atoms with E-state index in [0.717, 1.165) is 5.56 Å². The number of likely N-dealkylation sites (N-methyl/N-ethyl adjacent to an activating group) is 1. The van der Waals surface area contributed by atoms with Crippen molar-refractivity contribution in [3.8, 4) is 11.3 Å². The zero-order valence-electron chi connectivity index (χ0n) is 13.2. The minimum atomic E-state index is -0.606.